The van der Waals surface area contributed by atoms with Crippen LogP contribution in [0.25, 0.3) is 0 Å². The summed E-state index contributed by atoms with van der Waals surface area (Å²) in [5.74, 6) is 0. The fourth-order valence-electron chi connectivity index (χ4n) is 3.34. The summed E-state index contributed by atoms with van der Waals surface area (Å²) in [5, 5.41) is -0.156. The van der Waals surface area contributed by atoms with Crippen molar-refractivity contribution in [2.45, 2.75) is 56.2 Å². The highest BCUT2D eigenvalue weighted by atomic mass is 32.2. The highest BCUT2D eigenvalue weighted by Crippen LogP contribution is 2.29. The van der Waals surface area contributed by atoms with E-state index in [4.69, 9.17) is 4.74 Å². The summed E-state index contributed by atoms with van der Waals surface area (Å²) < 4.78 is 33.3. The number of hydrogen-bond donors (Lipinski definition) is 0. The lowest BCUT2D eigenvalue weighted by Gasteiger charge is -2.37. The second-order valence-corrected chi connectivity index (χ2v) is 8.73. The first-order valence-corrected chi connectivity index (χ1v) is 9.75. The Kier molecular flexibility index (Phi) is 6.47. The second-order valence-electron chi connectivity index (χ2n) is 6.56. The molecule has 0 aromatic heterocycles. The third kappa shape index (κ3) is 4.65. The van der Waals surface area contributed by atoms with E-state index >= 15 is 0 Å². The molecule has 0 N–H and O–H groups in total. The molecule has 1 aliphatic heterocycles. The van der Waals surface area contributed by atoms with Crippen LogP contribution in [0, 0.1) is 0 Å². The zero-order valence-electron chi connectivity index (χ0n) is 13.5. The van der Waals surface area contributed by atoms with Crippen molar-refractivity contribution in [2.24, 2.45) is 0 Å². The van der Waals surface area contributed by atoms with Gasteiger partial charge >= 0.3 is 0 Å². The Morgan fingerprint density at radius 2 is 1.57 bits per heavy atom. The van der Waals surface area contributed by atoms with Crippen molar-refractivity contribution in [2.75, 3.05) is 40.4 Å². The molecule has 0 unspecified atom stereocenters. The second kappa shape index (κ2) is 7.90. The summed E-state index contributed by atoms with van der Waals surface area (Å²) in [6, 6.07) is 0.130. The molecule has 0 aromatic rings. The van der Waals surface area contributed by atoms with Crippen LogP contribution in [0.15, 0.2) is 0 Å². The first-order valence-electron chi connectivity index (χ1n) is 8.25. The Hall–Kier alpha value is -0.170. The minimum Gasteiger partial charge on any atom is -0.381 e. The standard InChI is InChI=1S/C15H30N2O3S/c1-16(2)10-11-17(14-8-12-20-13-9-14)21(18,19)15-6-4-3-5-7-15/h14-15H,3-13H2,1-2H3. The van der Waals surface area contributed by atoms with Crippen LogP contribution in [0.3, 0.4) is 0 Å². The van der Waals surface area contributed by atoms with Gasteiger partial charge in [0.25, 0.3) is 0 Å². The highest BCUT2D eigenvalue weighted by Gasteiger charge is 2.37. The maximum absolute atomic E-state index is 13.1. The van der Waals surface area contributed by atoms with E-state index in [0.29, 0.717) is 19.8 Å². The van der Waals surface area contributed by atoms with Gasteiger partial charge in [0.05, 0.1) is 5.25 Å². The number of rotatable bonds is 6. The lowest BCUT2D eigenvalue weighted by atomic mass is 10.0. The van der Waals surface area contributed by atoms with Crippen LogP contribution in [-0.2, 0) is 14.8 Å². The Labute approximate surface area is 129 Å². The van der Waals surface area contributed by atoms with Crippen molar-refractivity contribution in [1.29, 1.82) is 0 Å². The van der Waals surface area contributed by atoms with Crippen LogP contribution in [-0.4, -0.2) is 69.3 Å². The van der Waals surface area contributed by atoms with Crippen LogP contribution in [0.4, 0.5) is 0 Å². The SMILES string of the molecule is CN(C)CCN(C1CCOCC1)S(=O)(=O)C1CCCCC1. The zero-order chi connectivity index (χ0) is 15.3. The molecule has 2 aliphatic rings. The van der Waals surface area contributed by atoms with E-state index < -0.39 is 10.0 Å². The average molecular weight is 318 g/mol. The van der Waals surface area contributed by atoms with Crippen molar-refractivity contribution < 1.29 is 13.2 Å². The quantitative estimate of drug-likeness (QED) is 0.748. The molecular weight excluding hydrogens is 288 g/mol. The van der Waals surface area contributed by atoms with Gasteiger partial charge in [-0.25, -0.2) is 8.42 Å². The van der Waals surface area contributed by atoms with E-state index in [1.54, 1.807) is 0 Å². The maximum Gasteiger partial charge on any atom is 0.217 e. The van der Waals surface area contributed by atoms with Gasteiger partial charge < -0.3 is 9.64 Å². The van der Waals surface area contributed by atoms with Gasteiger partial charge in [-0.3, -0.25) is 0 Å². The summed E-state index contributed by atoms with van der Waals surface area (Å²) >= 11 is 0. The zero-order valence-corrected chi connectivity index (χ0v) is 14.3. The Morgan fingerprint density at radius 1 is 0.952 bits per heavy atom. The molecule has 1 saturated heterocycles. The monoisotopic (exact) mass is 318 g/mol. The van der Waals surface area contributed by atoms with Crippen molar-refractivity contribution >= 4 is 10.0 Å². The van der Waals surface area contributed by atoms with Crippen LogP contribution >= 0.6 is 0 Å². The number of sulfonamides is 1. The van der Waals surface area contributed by atoms with Crippen LogP contribution < -0.4 is 0 Å². The molecule has 124 valence electrons. The van der Waals surface area contributed by atoms with E-state index in [-0.39, 0.29) is 11.3 Å². The molecule has 0 radical (unpaired) electrons. The Balaban J connectivity index is 2.11. The number of hydrogen-bond acceptors (Lipinski definition) is 4. The fourth-order valence-corrected chi connectivity index (χ4v) is 5.62. The van der Waals surface area contributed by atoms with E-state index in [1.165, 1.54) is 6.42 Å². The summed E-state index contributed by atoms with van der Waals surface area (Å²) in [6.45, 7) is 2.76. The summed E-state index contributed by atoms with van der Waals surface area (Å²) in [4.78, 5) is 2.06. The van der Waals surface area contributed by atoms with Crippen LogP contribution in [0.2, 0.25) is 0 Å². The van der Waals surface area contributed by atoms with Gasteiger partial charge in [0.1, 0.15) is 0 Å². The molecule has 2 rings (SSSR count). The summed E-state index contributed by atoms with van der Waals surface area (Å²) in [6.07, 6.45) is 6.63. The normalized spacial score (nSPS) is 23.0. The van der Waals surface area contributed by atoms with Crippen LogP contribution in [0.1, 0.15) is 44.9 Å². The van der Waals surface area contributed by atoms with E-state index in [1.807, 2.05) is 18.4 Å². The molecule has 0 bridgehead atoms. The Bertz CT molecular complexity index is 399. The van der Waals surface area contributed by atoms with Crippen molar-refractivity contribution in [1.82, 2.24) is 9.21 Å². The number of nitrogens with zero attached hydrogens (tertiary/aromatic N) is 2. The molecular formula is C15H30N2O3S. The van der Waals surface area contributed by atoms with Gasteiger partial charge in [-0.2, -0.15) is 4.31 Å². The van der Waals surface area contributed by atoms with E-state index in [9.17, 15) is 8.42 Å². The predicted molar refractivity (Wildman–Crippen MR) is 84.9 cm³/mol. The lowest BCUT2D eigenvalue weighted by molar-refractivity contribution is 0.0569. The smallest absolute Gasteiger partial charge is 0.217 e. The molecule has 6 heteroatoms. The minimum atomic E-state index is -3.17. The number of ether oxygens (including phenoxy) is 1. The molecule has 0 atom stereocenters. The third-order valence-corrected chi connectivity index (χ3v) is 7.11. The fraction of sp³-hybridized carbons (Fsp3) is 1.00. The minimum absolute atomic E-state index is 0.130. The molecule has 1 saturated carbocycles. The van der Waals surface area contributed by atoms with Crippen molar-refractivity contribution in [3.05, 3.63) is 0 Å². The highest BCUT2D eigenvalue weighted by molar-refractivity contribution is 7.89. The lowest BCUT2D eigenvalue weighted by Crippen LogP contribution is -2.49. The third-order valence-electron chi connectivity index (χ3n) is 4.67. The molecule has 5 nitrogen and oxygen atoms in total. The molecule has 1 heterocycles. The molecule has 0 amide bonds. The van der Waals surface area contributed by atoms with Gasteiger partial charge in [-0.05, 0) is 39.8 Å². The largest absolute Gasteiger partial charge is 0.381 e. The van der Waals surface area contributed by atoms with Crippen LogP contribution in [0.5, 0.6) is 0 Å². The molecule has 0 aromatic carbocycles. The summed E-state index contributed by atoms with van der Waals surface area (Å²) in [7, 11) is 0.823. The van der Waals surface area contributed by atoms with E-state index in [2.05, 4.69) is 4.90 Å². The molecule has 0 spiro atoms. The first-order chi connectivity index (χ1) is 10.0. The predicted octanol–water partition coefficient (Wildman–Crippen LogP) is 1.69. The van der Waals surface area contributed by atoms with Crippen molar-refractivity contribution in [3.63, 3.8) is 0 Å². The Morgan fingerprint density at radius 3 is 2.14 bits per heavy atom. The summed E-state index contributed by atoms with van der Waals surface area (Å²) in [5.41, 5.74) is 0. The maximum atomic E-state index is 13.1. The molecule has 2 fully saturated rings. The van der Waals surface area contributed by atoms with Gasteiger partial charge in [-0.1, -0.05) is 19.3 Å². The molecule has 1 aliphatic carbocycles. The van der Waals surface area contributed by atoms with E-state index in [0.717, 1.165) is 45.1 Å². The van der Waals surface area contributed by atoms with Gasteiger partial charge in [0.2, 0.25) is 10.0 Å². The molecule has 21 heavy (non-hydrogen) atoms. The number of likely N-dealkylation sites (N-methyl/N-ethyl adjacent to an activating group) is 1. The topological polar surface area (TPSA) is 49.9 Å². The van der Waals surface area contributed by atoms with Gasteiger partial charge in [0, 0.05) is 32.3 Å². The van der Waals surface area contributed by atoms with Gasteiger partial charge in [-0.15, -0.1) is 0 Å². The van der Waals surface area contributed by atoms with Gasteiger partial charge in [0.15, 0.2) is 0 Å². The first kappa shape index (κ1) is 17.2. The van der Waals surface area contributed by atoms with Crippen molar-refractivity contribution in [3.8, 4) is 0 Å². The average Bonchev–Trinajstić information content (AvgIpc) is 2.49.